The zero-order valence-corrected chi connectivity index (χ0v) is 15.0. The van der Waals surface area contributed by atoms with Crippen LogP contribution in [-0.2, 0) is 6.54 Å². The van der Waals surface area contributed by atoms with Gasteiger partial charge in [-0.05, 0) is 42.3 Å². The number of aryl methyl sites for hydroxylation is 1. The molecule has 1 heterocycles. The average Bonchev–Trinajstić information content (AvgIpc) is 2.66. The Morgan fingerprint density at radius 3 is 2.59 bits per heavy atom. The van der Waals surface area contributed by atoms with E-state index in [-0.39, 0.29) is 12.2 Å². The molecule has 0 saturated carbocycles. The van der Waals surface area contributed by atoms with E-state index in [2.05, 4.69) is 10.4 Å². The lowest BCUT2D eigenvalue weighted by molar-refractivity contribution is 0.0941. The van der Waals surface area contributed by atoms with Crippen molar-refractivity contribution >= 4 is 5.91 Å². The molecule has 0 aliphatic rings. The molecule has 0 aliphatic heterocycles. The quantitative estimate of drug-likeness (QED) is 0.723. The molecule has 7 nitrogen and oxygen atoms in total. The third-order valence-electron chi connectivity index (χ3n) is 3.98. The number of rotatable bonds is 5. The van der Waals surface area contributed by atoms with Crippen LogP contribution in [0.15, 0.2) is 59.4 Å². The van der Waals surface area contributed by atoms with Gasteiger partial charge in [0.1, 0.15) is 5.75 Å². The molecular weight excluding hydrogens is 346 g/mol. The molecule has 7 heteroatoms. The Morgan fingerprint density at radius 1 is 1.19 bits per heavy atom. The minimum absolute atomic E-state index is 0.218. The van der Waals surface area contributed by atoms with Crippen LogP contribution in [0.4, 0.5) is 0 Å². The summed E-state index contributed by atoms with van der Waals surface area (Å²) in [5, 5.41) is 16.7. The number of carbonyl (C=O) groups excluding carboxylic acids is 1. The van der Waals surface area contributed by atoms with Crippen LogP contribution in [0.3, 0.4) is 0 Å². The molecule has 0 bridgehead atoms. The summed E-state index contributed by atoms with van der Waals surface area (Å²) in [6.07, 6.45) is 0. The topological polar surface area (TPSA) is 93.5 Å². The van der Waals surface area contributed by atoms with E-state index >= 15 is 0 Å². The molecule has 2 N–H and O–H groups in total. The van der Waals surface area contributed by atoms with Crippen molar-refractivity contribution in [2.45, 2.75) is 13.5 Å². The fourth-order valence-corrected chi connectivity index (χ4v) is 2.56. The monoisotopic (exact) mass is 365 g/mol. The van der Waals surface area contributed by atoms with Crippen LogP contribution < -0.4 is 15.6 Å². The lowest BCUT2D eigenvalue weighted by Crippen LogP contribution is -2.29. The molecule has 0 radical (unpaired) electrons. The highest BCUT2D eigenvalue weighted by molar-refractivity contribution is 5.94. The van der Waals surface area contributed by atoms with Crippen molar-refractivity contribution in [1.29, 1.82) is 0 Å². The van der Waals surface area contributed by atoms with Crippen LogP contribution in [0.25, 0.3) is 5.69 Å². The number of amides is 1. The van der Waals surface area contributed by atoms with E-state index in [0.717, 1.165) is 27.6 Å². The van der Waals surface area contributed by atoms with Gasteiger partial charge in [-0.25, -0.2) is 0 Å². The first-order valence-electron chi connectivity index (χ1n) is 8.29. The highest BCUT2D eigenvalue weighted by Gasteiger charge is 2.16. The predicted octanol–water partition coefficient (Wildman–Crippen LogP) is 2.19. The van der Waals surface area contributed by atoms with E-state index in [9.17, 15) is 14.7 Å². The first-order chi connectivity index (χ1) is 13.0. The number of benzene rings is 2. The van der Waals surface area contributed by atoms with E-state index < -0.39 is 17.2 Å². The second-order valence-electron chi connectivity index (χ2n) is 6.00. The maximum absolute atomic E-state index is 12.5. The van der Waals surface area contributed by atoms with Gasteiger partial charge in [0.15, 0.2) is 11.4 Å². The number of nitrogens with one attached hydrogen (secondary N) is 1. The summed E-state index contributed by atoms with van der Waals surface area (Å²) in [4.78, 5) is 24.6. The lowest BCUT2D eigenvalue weighted by Gasteiger charge is -2.10. The number of methoxy groups -OCH3 is 1. The summed E-state index contributed by atoms with van der Waals surface area (Å²) in [5.41, 5.74) is 1.58. The van der Waals surface area contributed by atoms with Crippen molar-refractivity contribution < 1.29 is 14.6 Å². The van der Waals surface area contributed by atoms with E-state index in [4.69, 9.17) is 4.74 Å². The second-order valence-corrected chi connectivity index (χ2v) is 6.00. The molecule has 0 atom stereocenters. The maximum Gasteiger partial charge on any atom is 0.275 e. The Bertz CT molecular complexity index is 1030. The van der Waals surface area contributed by atoms with Crippen molar-refractivity contribution in [3.8, 4) is 17.2 Å². The van der Waals surface area contributed by atoms with Crippen molar-refractivity contribution in [2.75, 3.05) is 7.11 Å². The predicted molar refractivity (Wildman–Crippen MR) is 100 cm³/mol. The number of aromatic hydroxyl groups is 1. The minimum Gasteiger partial charge on any atom is -0.505 e. The Hall–Kier alpha value is -3.61. The van der Waals surface area contributed by atoms with Gasteiger partial charge < -0.3 is 15.2 Å². The Kier molecular flexibility index (Phi) is 5.21. The van der Waals surface area contributed by atoms with Crippen molar-refractivity contribution in [2.24, 2.45) is 0 Å². The van der Waals surface area contributed by atoms with Crippen LogP contribution in [0.5, 0.6) is 11.5 Å². The molecule has 0 aliphatic carbocycles. The minimum atomic E-state index is -0.579. The summed E-state index contributed by atoms with van der Waals surface area (Å²) in [6.45, 7) is 2.13. The van der Waals surface area contributed by atoms with Gasteiger partial charge in [-0.2, -0.15) is 9.78 Å². The van der Waals surface area contributed by atoms with Crippen molar-refractivity contribution in [3.05, 3.63) is 81.8 Å². The van der Waals surface area contributed by atoms with E-state index in [1.807, 2.05) is 25.1 Å². The van der Waals surface area contributed by atoms with Crippen LogP contribution in [-0.4, -0.2) is 27.9 Å². The van der Waals surface area contributed by atoms with Gasteiger partial charge in [0.25, 0.3) is 11.5 Å². The fraction of sp³-hybridized carbons (Fsp3) is 0.150. The molecule has 0 fully saturated rings. The lowest BCUT2D eigenvalue weighted by atomic mass is 10.2. The van der Waals surface area contributed by atoms with Crippen LogP contribution in [0.2, 0.25) is 0 Å². The molecule has 0 unspecified atom stereocenters. The molecule has 2 aromatic carbocycles. The number of ether oxygens (including phenoxy) is 1. The van der Waals surface area contributed by atoms with Crippen molar-refractivity contribution in [3.63, 3.8) is 0 Å². The van der Waals surface area contributed by atoms with Gasteiger partial charge in [-0.3, -0.25) is 9.59 Å². The van der Waals surface area contributed by atoms with E-state index in [1.165, 1.54) is 0 Å². The van der Waals surface area contributed by atoms with E-state index in [1.54, 1.807) is 37.4 Å². The smallest absolute Gasteiger partial charge is 0.275 e. The first kappa shape index (κ1) is 18.2. The van der Waals surface area contributed by atoms with Crippen LogP contribution in [0, 0.1) is 6.92 Å². The normalized spacial score (nSPS) is 10.4. The molecule has 1 aromatic heterocycles. The average molecular weight is 365 g/mol. The van der Waals surface area contributed by atoms with Crippen molar-refractivity contribution in [1.82, 2.24) is 15.1 Å². The number of hydrogen-bond donors (Lipinski definition) is 2. The number of hydrogen-bond acceptors (Lipinski definition) is 5. The highest BCUT2D eigenvalue weighted by atomic mass is 16.5. The standard InChI is InChI=1S/C20H19N3O4/c1-13-4-3-5-15(10-13)23-18(25)11-17(24)19(22-23)20(26)21-12-14-6-8-16(27-2)9-7-14/h3-11,24H,12H2,1-2H3,(H,21,26). The molecular formula is C20H19N3O4. The molecule has 1 amide bonds. The summed E-state index contributed by atoms with van der Waals surface area (Å²) in [6, 6.07) is 15.3. The van der Waals surface area contributed by atoms with Gasteiger partial charge in [0.05, 0.1) is 12.8 Å². The summed E-state index contributed by atoms with van der Waals surface area (Å²) >= 11 is 0. The molecule has 0 saturated heterocycles. The Labute approximate surface area is 155 Å². The summed E-state index contributed by atoms with van der Waals surface area (Å²) in [7, 11) is 1.58. The third-order valence-corrected chi connectivity index (χ3v) is 3.98. The first-order valence-corrected chi connectivity index (χ1v) is 8.29. The van der Waals surface area contributed by atoms with Gasteiger partial charge in [-0.15, -0.1) is 0 Å². The van der Waals surface area contributed by atoms with Crippen LogP contribution >= 0.6 is 0 Å². The number of aromatic nitrogens is 2. The molecule has 3 aromatic rings. The number of nitrogens with zero attached hydrogens (tertiary/aromatic N) is 2. The van der Waals surface area contributed by atoms with Crippen LogP contribution in [0.1, 0.15) is 21.6 Å². The summed E-state index contributed by atoms with van der Waals surface area (Å²) in [5.74, 6) is -0.324. The van der Waals surface area contributed by atoms with Gasteiger partial charge in [0.2, 0.25) is 0 Å². The third kappa shape index (κ3) is 4.14. The Morgan fingerprint density at radius 2 is 1.93 bits per heavy atom. The molecule has 0 spiro atoms. The molecule has 27 heavy (non-hydrogen) atoms. The maximum atomic E-state index is 12.5. The highest BCUT2D eigenvalue weighted by Crippen LogP contribution is 2.14. The molecule has 3 rings (SSSR count). The van der Waals surface area contributed by atoms with E-state index in [0.29, 0.717) is 5.69 Å². The molecule has 138 valence electrons. The summed E-state index contributed by atoms with van der Waals surface area (Å²) < 4.78 is 6.18. The zero-order chi connectivity index (χ0) is 19.4. The number of carbonyl (C=O) groups is 1. The van der Waals surface area contributed by atoms with Gasteiger partial charge in [0, 0.05) is 12.6 Å². The van der Waals surface area contributed by atoms with Gasteiger partial charge >= 0.3 is 0 Å². The SMILES string of the molecule is COc1ccc(CNC(=O)c2nn(-c3cccc(C)c3)c(=O)cc2O)cc1. The van der Waals surface area contributed by atoms with Gasteiger partial charge in [-0.1, -0.05) is 24.3 Å². The largest absolute Gasteiger partial charge is 0.505 e. The Balaban J connectivity index is 1.83. The second kappa shape index (κ2) is 7.74. The fourth-order valence-electron chi connectivity index (χ4n) is 2.56. The zero-order valence-electron chi connectivity index (χ0n) is 15.0.